The van der Waals surface area contributed by atoms with E-state index in [4.69, 9.17) is 28.9 Å². The second-order valence-corrected chi connectivity index (χ2v) is 20.0. The summed E-state index contributed by atoms with van der Waals surface area (Å²) in [6, 6.07) is 21.0. The zero-order valence-corrected chi connectivity index (χ0v) is 41.0. The molecule has 17 nitrogen and oxygen atoms in total. The first-order chi connectivity index (χ1) is 33.8. The van der Waals surface area contributed by atoms with Gasteiger partial charge < -0.3 is 49.3 Å². The lowest BCUT2D eigenvalue weighted by Gasteiger charge is -2.30. The van der Waals surface area contributed by atoms with E-state index in [0.717, 1.165) is 91.1 Å². The molecule has 70 heavy (non-hydrogen) atoms. The van der Waals surface area contributed by atoms with Crippen LogP contribution in [0.5, 0.6) is 11.5 Å². The number of hydrogen-bond acceptors (Lipinski definition) is 11. The summed E-state index contributed by atoms with van der Waals surface area (Å²) >= 11 is 1.68. The number of rotatable bonds is 12. The van der Waals surface area contributed by atoms with Crippen LogP contribution in [0.1, 0.15) is 88.2 Å². The number of aromatic amines is 2. The average molecular weight is 968 g/mol. The zero-order chi connectivity index (χ0) is 49.0. The molecule has 2 saturated heterocycles. The summed E-state index contributed by atoms with van der Waals surface area (Å²) < 4.78 is 25.7. The lowest BCUT2D eigenvalue weighted by Crippen LogP contribution is -2.51. The average Bonchev–Trinajstić information content (AvgIpc) is 4.23. The van der Waals surface area contributed by atoms with Gasteiger partial charge in [0.1, 0.15) is 35.2 Å². The largest absolute Gasteiger partial charge is 0.497 e. The molecule has 10 rings (SSSR count). The maximum absolute atomic E-state index is 13.9. The maximum Gasteiger partial charge on any atom is 0.407 e. The Labute approximate surface area is 408 Å². The molecular formula is C52H57N9O8S. The highest BCUT2D eigenvalue weighted by Gasteiger charge is 2.39. The topological polar surface area (TPSA) is 198 Å². The van der Waals surface area contributed by atoms with E-state index in [1.54, 1.807) is 24.6 Å². The first-order valence-electron chi connectivity index (χ1n) is 23.8. The molecule has 0 saturated carbocycles. The molecule has 0 radical (unpaired) electrons. The highest BCUT2D eigenvalue weighted by atomic mass is 32.1. The third kappa shape index (κ3) is 8.47. The van der Waals surface area contributed by atoms with Crippen LogP contribution in [0.25, 0.3) is 54.8 Å². The quantitative estimate of drug-likeness (QED) is 0.0916. The van der Waals surface area contributed by atoms with Crippen LogP contribution >= 0.6 is 11.3 Å². The van der Waals surface area contributed by atoms with Crippen LogP contribution in [0.15, 0.2) is 79.1 Å². The molecule has 3 aliphatic rings. The number of alkyl carbamates (subject to hydrolysis) is 2. The number of carbonyl (C=O) groups is 4. The number of likely N-dealkylation sites (tertiary alicyclic amines) is 2. The van der Waals surface area contributed by atoms with Gasteiger partial charge in [-0.1, -0.05) is 39.8 Å². The number of aromatic nitrogens is 5. The monoisotopic (exact) mass is 967 g/mol. The standard InChI is InChI=1S/C52H57N9O8S/c1-27(2)44(57-51(64)67-6)48(62)59-18-8-10-38(59)46-53-25-35(55-46)29-13-16-37-31(20-29)22-40-34-15-12-30(23-41(34)69-50(61(37)40)43-24-32-21-33(66-5)14-17-42(32)70-43)36-26-54-47(56-36)39-11-9-19-60(39)49(63)45(28(3)4)58-52(65)68-7/h12-17,20-28,38-39,44-45,50H,8-11,18-19H2,1-7H3,(H,53,55)(H,54,56)(H,57,64)(H,58,65)/t38-,39-,44-,45-,50-/m0/s1. The fourth-order valence-corrected chi connectivity index (χ4v) is 11.3. The van der Waals surface area contributed by atoms with Gasteiger partial charge in [-0.25, -0.2) is 19.6 Å². The van der Waals surface area contributed by atoms with E-state index in [2.05, 4.69) is 73.7 Å². The molecule has 7 aromatic rings. The Morgan fingerprint density at radius 1 is 0.714 bits per heavy atom. The Hall–Kier alpha value is -7.34. The van der Waals surface area contributed by atoms with Crippen molar-refractivity contribution in [1.82, 2.24) is 44.9 Å². The number of ether oxygens (including phenoxy) is 4. The van der Waals surface area contributed by atoms with Crippen molar-refractivity contribution in [1.29, 1.82) is 0 Å². The fourth-order valence-electron chi connectivity index (χ4n) is 10.2. The first-order valence-corrected chi connectivity index (χ1v) is 24.6. The highest BCUT2D eigenvalue weighted by Crippen LogP contribution is 2.48. The number of amides is 4. The van der Waals surface area contributed by atoms with Crippen LogP contribution < -0.4 is 20.1 Å². The number of hydrogen-bond donors (Lipinski definition) is 4. The molecular weight excluding hydrogens is 911 g/mol. The van der Waals surface area contributed by atoms with Crippen molar-refractivity contribution in [3.05, 3.63) is 95.6 Å². The number of thiophene rings is 1. The summed E-state index contributed by atoms with van der Waals surface area (Å²) in [6.07, 6.45) is 4.96. The Morgan fingerprint density at radius 2 is 1.30 bits per heavy atom. The van der Waals surface area contributed by atoms with Gasteiger partial charge in [-0.2, -0.15) is 0 Å². The zero-order valence-electron chi connectivity index (χ0n) is 40.2. The molecule has 4 aromatic heterocycles. The van der Waals surface area contributed by atoms with Gasteiger partial charge in [0.2, 0.25) is 18.0 Å². The lowest BCUT2D eigenvalue weighted by molar-refractivity contribution is -0.136. The van der Waals surface area contributed by atoms with E-state index >= 15 is 0 Å². The number of nitrogens with one attached hydrogen (secondary N) is 4. The van der Waals surface area contributed by atoms with Crippen LogP contribution in [0.3, 0.4) is 0 Å². The molecule has 0 bridgehead atoms. The predicted molar refractivity (Wildman–Crippen MR) is 265 cm³/mol. The second-order valence-electron chi connectivity index (χ2n) is 18.9. The summed E-state index contributed by atoms with van der Waals surface area (Å²) in [5, 5.41) is 7.52. The Bertz CT molecular complexity index is 3130. The molecule has 0 unspecified atom stereocenters. The van der Waals surface area contributed by atoms with Crippen molar-refractivity contribution in [2.45, 2.75) is 83.8 Å². The summed E-state index contributed by atoms with van der Waals surface area (Å²) in [4.78, 5) is 73.3. The van der Waals surface area contributed by atoms with Crippen molar-refractivity contribution >= 4 is 56.3 Å². The van der Waals surface area contributed by atoms with Crippen molar-refractivity contribution < 1.29 is 38.1 Å². The van der Waals surface area contributed by atoms with Crippen LogP contribution in [-0.4, -0.2) is 105 Å². The Kier molecular flexibility index (Phi) is 12.5. The minimum absolute atomic E-state index is 0.137. The number of benzene rings is 3. The second kappa shape index (κ2) is 18.9. The van der Waals surface area contributed by atoms with Gasteiger partial charge in [-0.05, 0) is 97.5 Å². The van der Waals surface area contributed by atoms with Crippen molar-refractivity contribution in [3.8, 4) is 45.3 Å². The smallest absolute Gasteiger partial charge is 0.407 e. The van der Waals surface area contributed by atoms with Crippen LogP contribution in [-0.2, 0) is 19.1 Å². The molecule has 4 N–H and O–H groups in total. The van der Waals surface area contributed by atoms with Crippen LogP contribution in [0.4, 0.5) is 9.59 Å². The van der Waals surface area contributed by atoms with Gasteiger partial charge >= 0.3 is 12.2 Å². The van der Waals surface area contributed by atoms with E-state index in [1.807, 2.05) is 61.9 Å². The van der Waals surface area contributed by atoms with Gasteiger partial charge in [-0.15, -0.1) is 11.3 Å². The lowest BCUT2D eigenvalue weighted by atomic mass is 10.0. The molecule has 364 valence electrons. The van der Waals surface area contributed by atoms with Crippen molar-refractivity contribution in [2.75, 3.05) is 34.4 Å². The summed E-state index contributed by atoms with van der Waals surface area (Å²) in [5.74, 6) is 2.27. The van der Waals surface area contributed by atoms with Gasteiger partial charge in [0.15, 0.2) is 0 Å². The highest BCUT2D eigenvalue weighted by molar-refractivity contribution is 7.19. The van der Waals surface area contributed by atoms with E-state index in [1.165, 1.54) is 14.2 Å². The molecule has 7 heterocycles. The molecule has 0 aliphatic carbocycles. The minimum Gasteiger partial charge on any atom is -0.497 e. The summed E-state index contributed by atoms with van der Waals surface area (Å²) in [6.45, 7) is 8.73. The molecule has 4 amide bonds. The number of nitrogens with zero attached hydrogens (tertiary/aromatic N) is 5. The number of methoxy groups -OCH3 is 3. The SMILES string of the molecule is COC(=O)N[C@H](C(=O)N1CCC[C@H]1c1ncc(-c2ccc3c(c2)O[C@@H](c2cc4cc(OC)ccc4s2)n2c-3cc3cc(-c4cnc([C@@H]5CCCN5C(=O)[C@@H](NC(=O)OC)C(C)C)[nH]4)ccc32)[nH]1)C(C)C. The first kappa shape index (κ1) is 46.4. The van der Waals surface area contributed by atoms with Gasteiger partial charge in [-0.3, -0.25) is 14.2 Å². The van der Waals surface area contributed by atoms with E-state index in [9.17, 15) is 19.2 Å². The van der Waals surface area contributed by atoms with Gasteiger partial charge in [0.05, 0.1) is 73.3 Å². The molecule has 18 heteroatoms. The Morgan fingerprint density at radius 3 is 1.87 bits per heavy atom. The number of carbonyl (C=O) groups excluding carboxylic acids is 4. The normalized spacial score (nSPS) is 18.4. The predicted octanol–water partition coefficient (Wildman–Crippen LogP) is 9.34. The molecule has 3 aromatic carbocycles. The molecule has 3 aliphatic heterocycles. The van der Waals surface area contributed by atoms with Crippen molar-refractivity contribution in [2.24, 2.45) is 11.8 Å². The van der Waals surface area contributed by atoms with Gasteiger partial charge in [0, 0.05) is 39.9 Å². The number of H-pyrrole nitrogens is 2. The molecule has 0 spiro atoms. The fraction of sp³-hybridized carbons (Fsp3) is 0.385. The van der Waals surface area contributed by atoms with Crippen molar-refractivity contribution in [3.63, 3.8) is 0 Å². The van der Waals surface area contributed by atoms with E-state index in [-0.39, 0.29) is 35.7 Å². The van der Waals surface area contributed by atoms with E-state index in [0.29, 0.717) is 30.5 Å². The molecule has 2 fully saturated rings. The third-order valence-corrected chi connectivity index (χ3v) is 15.0. The van der Waals surface area contributed by atoms with Crippen LogP contribution in [0.2, 0.25) is 0 Å². The number of fused-ring (bicyclic) bond motifs is 6. The molecule has 5 atom stereocenters. The minimum atomic E-state index is -0.730. The maximum atomic E-state index is 13.9. The summed E-state index contributed by atoms with van der Waals surface area (Å²) in [7, 11) is 4.25. The third-order valence-electron chi connectivity index (χ3n) is 13.9. The van der Waals surface area contributed by atoms with Gasteiger partial charge in [0.25, 0.3) is 0 Å². The van der Waals surface area contributed by atoms with E-state index < -0.39 is 30.5 Å². The summed E-state index contributed by atoms with van der Waals surface area (Å²) in [5.41, 5.74) is 6.36. The van der Waals surface area contributed by atoms with Crippen LogP contribution in [0, 0.1) is 11.8 Å². The Balaban J connectivity index is 0.974. The number of imidazole rings is 2.